The van der Waals surface area contributed by atoms with Crippen molar-refractivity contribution in [2.75, 3.05) is 13.2 Å². The Bertz CT molecular complexity index is 533. The number of ether oxygens (including phenoxy) is 2. The molecule has 0 spiro atoms. The number of carbonyl (C=O) groups is 2. The zero-order chi connectivity index (χ0) is 17.1. The second kappa shape index (κ2) is 6.95. The molecule has 0 saturated carbocycles. The van der Waals surface area contributed by atoms with E-state index in [0.29, 0.717) is 13.2 Å². The average molecular weight is 330 g/mol. The van der Waals surface area contributed by atoms with Crippen LogP contribution in [0.5, 0.6) is 0 Å². The van der Waals surface area contributed by atoms with E-state index in [2.05, 4.69) is 0 Å². The summed E-state index contributed by atoms with van der Waals surface area (Å²) in [5.41, 5.74) is 0. The molecule has 1 saturated heterocycles. The monoisotopic (exact) mass is 330 g/mol. The van der Waals surface area contributed by atoms with E-state index in [9.17, 15) is 9.59 Å². The molecule has 0 aromatic carbocycles. The Morgan fingerprint density at radius 1 is 0.708 bits per heavy atom. The Hall–Kier alpha value is -2.50. The van der Waals surface area contributed by atoms with Gasteiger partial charge < -0.3 is 9.47 Å². The Morgan fingerprint density at radius 3 is 1.25 bits per heavy atom. The number of allylic oxidation sites excluding steroid dienone is 4. The van der Waals surface area contributed by atoms with Crippen molar-refractivity contribution < 1.29 is 19.1 Å². The Kier molecular flexibility index (Phi) is 4.74. The number of nitrogens with zero attached hydrogens (tertiary/aromatic N) is 2. The molecule has 3 aliphatic heterocycles. The first-order valence-corrected chi connectivity index (χ1v) is 8.29. The molecular formula is C18H22N2O4. The first-order valence-electron chi connectivity index (χ1n) is 8.29. The van der Waals surface area contributed by atoms with E-state index >= 15 is 0 Å². The zero-order valence-electron chi connectivity index (χ0n) is 13.9. The minimum atomic E-state index is -0.370. The molecular weight excluding hydrogens is 308 g/mol. The van der Waals surface area contributed by atoms with Crippen molar-refractivity contribution in [3.05, 3.63) is 48.6 Å². The first-order chi connectivity index (χ1) is 11.7. The lowest BCUT2D eigenvalue weighted by molar-refractivity contribution is -0.000659. The number of amides is 2. The van der Waals surface area contributed by atoms with Gasteiger partial charge in [-0.1, -0.05) is 48.6 Å². The summed E-state index contributed by atoms with van der Waals surface area (Å²) in [7, 11) is 0. The van der Waals surface area contributed by atoms with Gasteiger partial charge in [0.2, 0.25) is 0 Å². The number of hydrogen-bond donors (Lipinski definition) is 0. The third-order valence-electron chi connectivity index (χ3n) is 4.40. The fraction of sp³-hybridized carbons (Fsp3) is 0.444. The maximum atomic E-state index is 12.6. The van der Waals surface area contributed by atoms with Gasteiger partial charge >= 0.3 is 12.2 Å². The van der Waals surface area contributed by atoms with Crippen molar-refractivity contribution >= 4 is 12.2 Å². The summed E-state index contributed by atoms with van der Waals surface area (Å²) >= 11 is 0. The summed E-state index contributed by atoms with van der Waals surface area (Å²) in [5.74, 6) is 0. The Labute approximate surface area is 141 Å². The van der Waals surface area contributed by atoms with Crippen molar-refractivity contribution in [2.24, 2.45) is 0 Å². The van der Waals surface area contributed by atoms with E-state index in [-0.39, 0.29) is 36.4 Å². The summed E-state index contributed by atoms with van der Waals surface area (Å²) in [4.78, 5) is 28.6. The van der Waals surface area contributed by atoms with Gasteiger partial charge in [-0.3, -0.25) is 9.80 Å². The van der Waals surface area contributed by atoms with Crippen LogP contribution in [0.2, 0.25) is 0 Å². The molecule has 3 heterocycles. The number of fused-ring (bicyclic) bond motifs is 6. The Morgan fingerprint density at radius 2 is 1.00 bits per heavy atom. The van der Waals surface area contributed by atoms with Crippen molar-refractivity contribution in [1.29, 1.82) is 0 Å². The lowest BCUT2D eigenvalue weighted by atomic mass is 9.93. The number of rotatable bonds is 2. The van der Waals surface area contributed by atoms with Gasteiger partial charge in [-0.2, -0.15) is 0 Å². The maximum absolute atomic E-state index is 12.6. The molecule has 0 aromatic heterocycles. The van der Waals surface area contributed by atoms with Crippen LogP contribution >= 0.6 is 0 Å². The van der Waals surface area contributed by atoms with Gasteiger partial charge in [0.15, 0.2) is 0 Å². The van der Waals surface area contributed by atoms with Crippen LogP contribution in [0.25, 0.3) is 0 Å². The molecule has 128 valence electrons. The van der Waals surface area contributed by atoms with Crippen molar-refractivity contribution in [3.8, 4) is 0 Å². The highest BCUT2D eigenvalue weighted by molar-refractivity contribution is 5.74. The molecule has 1 fully saturated rings. The summed E-state index contributed by atoms with van der Waals surface area (Å²) in [5, 5.41) is 0. The Balaban J connectivity index is 2.05. The van der Waals surface area contributed by atoms with Gasteiger partial charge in [0.25, 0.3) is 0 Å². The van der Waals surface area contributed by atoms with Gasteiger partial charge in [0.05, 0.1) is 37.4 Å². The van der Waals surface area contributed by atoms with E-state index in [0.717, 1.165) is 0 Å². The van der Waals surface area contributed by atoms with Crippen LogP contribution in [-0.4, -0.2) is 59.4 Å². The van der Waals surface area contributed by atoms with Crippen LogP contribution in [0.1, 0.15) is 13.8 Å². The van der Waals surface area contributed by atoms with Crippen LogP contribution in [0.4, 0.5) is 9.59 Å². The third-order valence-corrected chi connectivity index (χ3v) is 4.40. The standard InChI is InChI=1S/C18H22N2O4/c1-3-23-17(21)19-13-9-5-6-10-14(19)16-12-8-7-11-15(13)20(16)18(22)24-4-2/h5-16H,3-4H2,1-2H3/t13-,14-,15-,16+/m0/s1. The van der Waals surface area contributed by atoms with Crippen molar-refractivity contribution in [2.45, 2.75) is 38.0 Å². The van der Waals surface area contributed by atoms with Crippen LogP contribution in [0.15, 0.2) is 48.6 Å². The van der Waals surface area contributed by atoms with E-state index in [1.54, 1.807) is 23.6 Å². The van der Waals surface area contributed by atoms with E-state index < -0.39 is 0 Å². The quantitative estimate of drug-likeness (QED) is 0.781. The minimum absolute atomic E-state index is 0.305. The first kappa shape index (κ1) is 16.4. The highest BCUT2D eigenvalue weighted by atomic mass is 16.6. The van der Waals surface area contributed by atoms with Crippen molar-refractivity contribution in [1.82, 2.24) is 9.80 Å². The van der Waals surface area contributed by atoms with Gasteiger partial charge in [-0.25, -0.2) is 9.59 Å². The normalized spacial score (nSPS) is 29.9. The SMILES string of the molecule is CCOC(=O)N1[C@@H]2C=CC=C[C@H]1[C@@H]1C=CC=C[C@@H]2N1C(=O)OCC. The molecule has 4 bridgehead atoms. The second-order valence-corrected chi connectivity index (χ2v) is 5.71. The molecule has 3 aliphatic rings. The number of carbonyl (C=O) groups excluding carboxylic acids is 2. The molecule has 0 N–H and O–H groups in total. The highest BCUT2D eigenvalue weighted by Gasteiger charge is 2.50. The molecule has 0 radical (unpaired) electrons. The van der Waals surface area contributed by atoms with Gasteiger partial charge in [-0.05, 0) is 13.8 Å². The molecule has 24 heavy (non-hydrogen) atoms. The van der Waals surface area contributed by atoms with E-state index in [1.807, 2.05) is 48.6 Å². The predicted molar refractivity (Wildman–Crippen MR) is 89.4 cm³/mol. The maximum Gasteiger partial charge on any atom is 0.410 e. The molecule has 6 heteroatoms. The molecule has 0 aliphatic carbocycles. The highest BCUT2D eigenvalue weighted by Crippen LogP contribution is 2.34. The van der Waals surface area contributed by atoms with Crippen LogP contribution in [0, 0.1) is 0 Å². The van der Waals surface area contributed by atoms with Crippen LogP contribution in [-0.2, 0) is 9.47 Å². The summed E-state index contributed by atoms with van der Waals surface area (Å²) in [6.07, 6.45) is 14.6. The summed E-state index contributed by atoms with van der Waals surface area (Å²) in [6.45, 7) is 4.19. The fourth-order valence-corrected chi connectivity index (χ4v) is 3.48. The lowest BCUT2D eigenvalue weighted by Gasteiger charge is -2.51. The molecule has 4 atom stereocenters. The van der Waals surface area contributed by atoms with Crippen LogP contribution in [0.3, 0.4) is 0 Å². The van der Waals surface area contributed by atoms with Crippen molar-refractivity contribution in [3.63, 3.8) is 0 Å². The lowest BCUT2D eigenvalue weighted by Crippen LogP contribution is -2.68. The average Bonchev–Trinajstić information content (AvgIpc) is 2.84. The van der Waals surface area contributed by atoms with E-state index in [1.165, 1.54) is 0 Å². The summed E-state index contributed by atoms with van der Waals surface area (Å²) in [6, 6.07) is -1.22. The largest absolute Gasteiger partial charge is 0.450 e. The van der Waals surface area contributed by atoms with Gasteiger partial charge in [-0.15, -0.1) is 0 Å². The van der Waals surface area contributed by atoms with Crippen LogP contribution < -0.4 is 0 Å². The third kappa shape index (κ3) is 2.72. The smallest absolute Gasteiger partial charge is 0.410 e. The van der Waals surface area contributed by atoms with Gasteiger partial charge in [0.1, 0.15) is 0 Å². The summed E-state index contributed by atoms with van der Waals surface area (Å²) < 4.78 is 10.5. The molecule has 6 nitrogen and oxygen atoms in total. The molecule has 3 rings (SSSR count). The minimum Gasteiger partial charge on any atom is -0.450 e. The zero-order valence-corrected chi connectivity index (χ0v) is 13.9. The van der Waals surface area contributed by atoms with E-state index in [4.69, 9.17) is 9.47 Å². The van der Waals surface area contributed by atoms with Gasteiger partial charge in [0, 0.05) is 0 Å². The topological polar surface area (TPSA) is 59.1 Å². The molecule has 2 amide bonds. The number of piperazine rings is 1. The molecule has 0 unspecified atom stereocenters. The number of hydrogen-bond acceptors (Lipinski definition) is 4. The molecule has 0 aromatic rings. The fourth-order valence-electron chi connectivity index (χ4n) is 3.48. The predicted octanol–water partition coefficient (Wildman–Crippen LogP) is 2.64. The second-order valence-electron chi connectivity index (χ2n) is 5.71.